The number of aryl methyl sites for hydroxylation is 1. The molecule has 2 aromatic carbocycles. The smallest absolute Gasteiger partial charge is 0.340 e. The van der Waals surface area contributed by atoms with Gasteiger partial charge in [-0.2, -0.15) is 0 Å². The summed E-state index contributed by atoms with van der Waals surface area (Å²) in [5.41, 5.74) is -0.0562. The van der Waals surface area contributed by atoms with Gasteiger partial charge in [0.25, 0.3) is 10.0 Å². The predicted molar refractivity (Wildman–Crippen MR) is 80.0 cm³/mol. The third-order valence-corrected chi connectivity index (χ3v) is 4.50. The molecule has 0 radical (unpaired) electrons. The van der Waals surface area contributed by atoms with Crippen molar-refractivity contribution in [1.29, 1.82) is 0 Å². The highest BCUT2D eigenvalue weighted by Gasteiger charge is 2.21. The van der Waals surface area contributed by atoms with E-state index in [4.69, 9.17) is 5.11 Å². The SMILES string of the molecule is CCc1ccc(S(=O)(=O)Nc2cccc(F)c2C(=O)O)cc1. The third-order valence-electron chi connectivity index (χ3n) is 3.11. The number of carboxylic acid groups (broad SMARTS) is 1. The number of carbonyl (C=O) groups is 1. The lowest BCUT2D eigenvalue weighted by molar-refractivity contribution is 0.0693. The number of aromatic carboxylic acids is 1. The normalized spacial score (nSPS) is 11.2. The molecule has 2 aromatic rings. The predicted octanol–water partition coefficient (Wildman–Crippen LogP) is 2.89. The fraction of sp³-hybridized carbons (Fsp3) is 0.133. The van der Waals surface area contributed by atoms with Crippen LogP contribution in [0.4, 0.5) is 10.1 Å². The van der Waals surface area contributed by atoms with Gasteiger partial charge in [-0.05, 0) is 36.2 Å². The number of halogens is 1. The summed E-state index contributed by atoms with van der Waals surface area (Å²) in [6.07, 6.45) is 0.765. The van der Waals surface area contributed by atoms with Crippen molar-refractivity contribution >= 4 is 21.7 Å². The number of sulfonamides is 1. The van der Waals surface area contributed by atoms with Gasteiger partial charge in [0.2, 0.25) is 0 Å². The first-order valence-electron chi connectivity index (χ1n) is 6.48. The van der Waals surface area contributed by atoms with Crippen LogP contribution in [-0.4, -0.2) is 19.5 Å². The molecule has 0 aliphatic carbocycles. The van der Waals surface area contributed by atoms with Gasteiger partial charge >= 0.3 is 5.97 Å². The van der Waals surface area contributed by atoms with Crippen LogP contribution in [0.15, 0.2) is 47.4 Å². The zero-order chi connectivity index (χ0) is 16.3. The average Bonchev–Trinajstić information content (AvgIpc) is 2.46. The van der Waals surface area contributed by atoms with Gasteiger partial charge in [0.15, 0.2) is 0 Å². The molecule has 116 valence electrons. The van der Waals surface area contributed by atoms with Crippen molar-refractivity contribution in [3.63, 3.8) is 0 Å². The van der Waals surface area contributed by atoms with Crippen LogP contribution < -0.4 is 4.72 Å². The van der Waals surface area contributed by atoms with Crippen molar-refractivity contribution in [3.05, 3.63) is 59.4 Å². The van der Waals surface area contributed by atoms with Crippen LogP contribution in [0, 0.1) is 5.82 Å². The van der Waals surface area contributed by atoms with Gasteiger partial charge in [-0.3, -0.25) is 4.72 Å². The number of benzene rings is 2. The zero-order valence-electron chi connectivity index (χ0n) is 11.7. The van der Waals surface area contributed by atoms with E-state index in [2.05, 4.69) is 4.72 Å². The second-order valence-corrected chi connectivity index (χ2v) is 6.25. The van der Waals surface area contributed by atoms with Crippen LogP contribution in [-0.2, 0) is 16.4 Å². The number of anilines is 1. The molecule has 0 amide bonds. The van der Waals surface area contributed by atoms with Crippen LogP contribution in [0.5, 0.6) is 0 Å². The van der Waals surface area contributed by atoms with Gasteiger partial charge in [-0.25, -0.2) is 17.6 Å². The number of carboxylic acids is 1. The Labute approximate surface area is 127 Å². The van der Waals surface area contributed by atoms with E-state index in [1.54, 1.807) is 12.1 Å². The third kappa shape index (κ3) is 3.25. The number of nitrogens with one attached hydrogen (secondary N) is 1. The maximum Gasteiger partial charge on any atom is 0.340 e. The summed E-state index contributed by atoms with van der Waals surface area (Å²) in [5.74, 6) is -2.55. The van der Waals surface area contributed by atoms with E-state index in [0.29, 0.717) is 0 Å². The summed E-state index contributed by atoms with van der Waals surface area (Å²) >= 11 is 0. The van der Waals surface area contributed by atoms with E-state index < -0.39 is 27.4 Å². The first-order chi connectivity index (χ1) is 10.3. The molecular formula is C15H14FNO4S. The molecule has 0 heterocycles. The average molecular weight is 323 g/mol. The second-order valence-electron chi connectivity index (χ2n) is 4.57. The highest BCUT2D eigenvalue weighted by Crippen LogP contribution is 2.23. The molecular weight excluding hydrogens is 309 g/mol. The Bertz CT molecular complexity index is 801. The van der Waals surface area contributed by atoms with E-state index >= 15 is 0 Å². The van der Waals surface area contributed by atoms with Crippen molar-refractivity contribution in [1.82, 2.24) is 0 Å². The van der Waals surface area contributed by atoms with Crippen LogP contribution in [0.3, 0.4) is 0 Å². The maximum absolute atomic E-state index is 13.6. The first-order valence-corrected chi connectivity index (χ1v) is 7.97. The van der Waals surface area contributed by atoms with E-state index in [-0.39, 0.29) is 10.6 Å². The van der Waals surface area contributed by atoms with E-state index in [1.165, 1.54) is 24.3 Å². The van der Waals surface area contributed by atoms with Crippen LogP contribution in [0.1, 0.15) is 22.8 Å². The number of rotatable bonds is 5. The van der Waals surface area contributed by atoms with Crippen molar-refractivity contribution in [2.45, 2.75) is 18.2 Å². The van der Waals surface area contributed by atoms with Gasteiger partial charge < -0.3 is 5.11 Å². The summed E-state index contributed by atoms with van der Waals surface area (Å²) in [4.78, 5) is 11.1. The summed E-state index contributed by atoms with van der Waals surface area (Å²) in [6.45, 7) is 1.94. The Morgan fingerprint density at radius 2 is 1.82 bits per heavy atom. The van der Waals surface area contributed by atoms with Gasteiger partial charge in [-0.1, -0.05) is 25.1 Å². The minimum Gasteiger partial charge on any atom is -0.478 e. The largest absolute Gasteiger partial charge is 0.478 e. The molecule has 2 N–H and O–H groups in total. The highest BCUT2D eigenvalue weighted by molar-refractivity contribution is 7.92. The lowest BCUT2D eigenvalue weighted by Crippen LogP contribution is -2.16. The minimum atomic E-state index is -3.99. The van der Waals surface area contributed by atoms with Gasteiger partial charge in [0.1, 0.15) is 11.4 Å². The standard InChI is InChI=1S/C15H14FNO4S/c1-2-10-6-8-11(9-7-10)22(20,21)17-13-5-3-4-12(16)14(13)15(18)19/h3-9,17H,2H2,1H3,(H,18,19). The molecule has 0 unspecified atom stereocenters. The quantitative estimate of drug-likeness (QED) is 0.886. The molecule has 7 heteroatoms. The second kappa shape index (κ2) is 6.15. The maximum atomic E-state index is 13.6. The molecule has 0 aliphatic heterocycles. The van der Waals surface area contributed by atoms with E-state index in [9.17, 15) is 17.6 Å². The number of hydrogen-bond donors (Lipinski definition) is 2. The molecule has 0 saturated carbocycles. The van der Waals surface area contributed by atoms with Crippen LogP contribution in [0.2, 0.25) is 0 Å². The lowest BCUT2D eigenvalue weighted by Gasteiger charge is -2.11. The van der Waals surface area contributed by atoms with Crippen LogP contribution in [0.25, 0.3) is 0 Å². The van der Waals surface area contributed by atoms with Crippen molar-refractivity contribution in [2.75, 3.05) is 4.72 Å². The molecule has 22 heavy (non-hydrogen) atoms. The van der Waals surface area contributed by atoms with Crippen molar-refractivity contribution in [2.24, 2.45) is 0 Å². The molecule has 0 aromatic heterocycles. The minimum absolute atomic E-state index is 0.0229. The fourth-order valence-electron chi connectivity index (χ4n) is 1.93. The monoisotopic (exact) mass is 323 g/mol. The molecule has 0 atom stereocenters. The molecule has 0 bridgehead atoms. The Balaban J connectivity index is 2.40. The Hall–Kier alpha value is -2.41. The van der Waals surface area contributed by atoms with Gasteiger partial charge in [-0.15, -0.1) is 0 Å². The molecule has 5 nitrogen and oxygen atoms in total. The Morgan fingerprint density at radius 1 is 1.18 bits per heavy atom. The molecule has 0 saturated heterocycles. The number of hydrogen-bond acceptors (Lipinski definition) is 3. The van der Waals surface area contributed by atoms with E-state index in [0.717, 1.165) is 18.1 Å². The molecule has 0 spiro atoms. The van der Waals surface area contributed by atoms with Crippen molar-refractivity contribution < 1.29 is 22.7 Å². The molecule has 0 fully saturated rings. The van der Waals surface area contributed by atoms with Gasteiger partial charge in [0.05, 0.1) is 10.6 Å². The zero-order valence-corrected chi connectivity index (χ0v) is 12.5. The summed E-state index contributed by atoms with van der Waals surface area (Å²) < 4.78 is 40.2. The van der Waals surface area contributed by atoms with E-state index in [1.807, 2.05) is 6.92 Å². The summed E-state index contributed by atoms with van der Waals surface area (Å²) in [7, 11) is -3.99. The van der Waals surface area contributed by atoms with Crippen molar-refractivity contribution in [3.8, 4) is 0 Å². The Morgan fingerprint density at radius 3 is 2.36 bits per heavy atom. The highest BCUT2D eigenvalue weighted by atomic mass is 32.2. The lowest BCUT2D eigenvalue weighted by atomic mass is 10.2. The summed E-state index contributed by atoms with van der Waals surface area (Å²) in [5, 5.41) is 9.01. The topological polar surface area (TPSA) is 83.5 Å². The first kappa shape index (κ1) is 16.0. The fourth-order valence-corrected chi connectivity index (χ4v) is 3.01. The molecule has 2 rings (SSSR count). The summed E-state index contributed by atoms with van der Waals surface area (Å²) in [6, 6.07) is 9.56. The van der Waals surface area contributed by atoms with Gasteiger partial charge in [0, 0.05) is 0 Å². The van der Waals surface area contributed by atoms with Crippen LogP contribution >= 0.6 is 0 Å². The molecule has 0 aliphatic rings. The Kier molecular flexibility index (Phi) is 4.46.